The molecule has 0 saturated carbocycles. The second-order valence-electron chi connectivity index (χ2n) is 0.544. The van der Waals surface area contributed by atoms with Crippen molar-refractivity contribution >= 4 is 12.7 Å². The number of amides is 2. The van der Waals surface area contributed by atoms with Gasteiger partial charge in [0.2, 0.25) is 0 Å². The molecule has 0 heterocycles. The maximum atomic E-state index is 9.00. The van der Waals surface area contributed by atoms with E-state index >= 15 is 0 Å². The van der Waals surface area contributed by atoms with Gasteiger partial charge >= 0.3 is 6.03 Å². The summed E-state index contributed by atoms with van der Waals surface area (Å²) in [7, 11) is 0. The zero-order valence-electron chi connectivity index (χ0n) is 3.66. The standard InChI is InChI=1S/CH4N2O.CH3NO/c2-1(3)4;1-2-3/h(H4,2,3,4);3H,1H2. The van der Waals surface area contributed by atoms with Crippen molar-refractivity contribution in [1.82, 2.24) is 0 Å². The van der Waals surface area contributed by atoms with Crippen LogP contribution in [0.5, 0.6) is 0 Å². The van der Waals surface area contributed by atoms with E-state index in [1.807, 2.05) is 0 Å². The summed E-state index contributed by atoms with van der Waals surface area (Å²) in [6.45, 7) is 2.67. The molecule has 0 aliphatic rings. The number of oxime groups is 1. The maximum Gasteiger partial charge on any atom is 0.309 e. The molecule has 7 heavy (non-hydrogen) atoms. The second-order valence-corrected chi connectivity index (χ2v) is 0.544. The lowest BCUT2D eigenvalue weighted by atomic mass is 11.2. The van der Waals surface area contributed by atoms with E-state index in [0.29, 0.717) is 0 Å². The number of nitrogens with two attached hydrogens (primary N) is 2. The predicted octanol–water partition coefficient (Wildman–Crippen LogP) is -0.900. The average molecular weight is 105 g/mol. The molecule has 0 rings (SSSR count). The molecule has 0 aromatic heterocycles. The van der Waals surface area contributed by atoms with Gasteiger partial charge in [-0.05, 0) is 0 Å². The van der Waals surface area contributed by atoms with E-state index in [0.717, 1.165) is 0 Å². The fourth-order valence-electron chi connectivity index (χ4n) is 0. The summed E-state index contributed by atoms with van der Waals surface area (Å²) in [6.07, 6.45) is 0. The number of urea groups is 1. The average Bonchev–Trinajstić information content (AvgIpc) is 1.33. The lowest BCUT2D eigenvalue weighted by molar-refractivity contribution is 0.256. The number of rotatable bonds is 0. The van der Waals surface area contributed by atoms with E-state index in [1.54, 1.807) is 0 Å². The van der Waals surface area contributed by atoms with Crippen molar-refractivity contribution in [3.05, 3.63) is 0 Å². The third kappa shape index (κ3) is 22.4. The van der Waals surface area contributed by atoms with Crippen molar-refractivity contribution in [3.63, 3.8) is 0 Å². The first-order chi connectivity index (χ1) is 3.15. The third-order valence-corrected chi connectivity index (χ3v) is 0. The van der Waals surface area contributed by atoms with Crippen LogP contribution in [0.3, 0.4) is 0 Å². The summed E-state index contributed by atoms with van der Waals surface area (Å²) in [5.74, 6) is 0. The van der Waals surface area contributed by atoms with Gasteiger partial charge in [-0.25, -0.2) is 4.79 Å². The zero-order chi connectivity index (χ0) is 6.28. The Balaban J connectivity index is 0. The van der Waals surface area contributed by atoms with Gasteiger partial charge in [0.1, 0.15) is 0 Å². The molecule has 0 aromatic carbocycles. The van der Waals surface area contributed by atoms with E-state index in [4.69, 9.17) is 10.0 Å². The molecule has 0 aliphatic heterocycles. The highest BCUT2D eigenvalue weighted by Gasteiger charge is 1.60. The Morgan fingerprint density at radius 3 is 1.71 bits per heavy atom. The van der Waals surface area contributed by atoms with E-state index < -0.39 is 6.03 Å². The first-order valence-corrected chi connectivity index (χ1v) is 1.30. The summed E-state index contributed by atoms with van der Waals surface area (Å²) < 4.78 is 0. The molecule has 0 unspecified atom stereocenters. The molecular formula is C2H7N3O2. The van der Waals surface area contributed by atoms with E-state index in [2.05, 4.69) is 23.3 Å². The lowest BCUT2D eigenvalue weighted by Crippen LogP contribution is -2.18. The molecule has 0 aromatic rings. The van der Waals surface area contributed by atoms with Crippen LogP contribution in [0.2, 0.25) is 0 Å². The molecule has 0 aliphatic carbocycles. The van der Waals surface area contributed by atoms with Crippen LogP contribution in [-0.4, -0.2) is 18.0 Å². The minimum Gasteiger partial charge on any atom is -0.411 e. The molecule has 5 heteroatoms. The first kappa shape index (κ1) is 9.22. The number of primary amides is 2. The lowest BCUT2D eigenvalue weighted by Gasteiger charge is -1.62. The van der Waals surface area contributed by atoms with Crippen LogP contribution >= 0.6 is 0 Å². The van der Waals surface area contributed by atoms with Gasteiger partial charge in [0.25, 0.3) is 0 Å². The van der Waals surface area contributed by atoms with Crippen molar-refractivity contribution in [2.75, 3.05) is 0 Å². The van der Waals surface area contributed by atoms with E-state index in [-0.39, 0.29) is 0 Å². The minimum absolute atomic E-state index is 0.833. The maximum absolute atomic E-state index is 9.00. The Hall–Kier alpha value is -1.26. The van der Waals surface area contributed by atoms with Crippen LogP contribution in [0.4, 0.5) is 4.79 Å². The first-order valence-electron chi connectivity index (χ1n) is 1.30. The number of carbonyl (C=O) groups excluding carboxylic acids is 1. The number of carbonyl (C=O) groups is 1. The Bertz CT molecular complexity index is 58.0. The Morgan fingerprint density at radius 1 is 1.71 bits per heavy atom. The van der Waals surface area contributed by atoms with Crippen molar-refractivity contribution in [3.8, 4) is 0 Å². The Labute approximate surface area is 40.6 Å². The van der Waals surface area contributed by atoms with Crippen LogP contribution in [0.1, 0.15) is 0 Å². The summed E-state index contributed by atoms with van der Waals surface area (Å²) in [6, 6.07) is -0.833. The normalized spacial score (nSPS) is 5.14. The molecule has 0 fully saturated rings. The Morgan fingerprint density at radius 2 is 1.71 bits per heavy atom. The quantitative estimate of drug-likeness (QED) is 0.211. The topological polar surface area (TPSA) is 102 Å². The van der Waals surface area contributed by atoms with Crippen LogP contribution in [-0.2, 0) is 0 Å². The monoisotopic (exact) mass is 105 g/mol. The molecular weight excluding hydrogens is 98.0 g/mol. The van der Waals surface area contributed by atoms with Crippen LogP contribution in [0.25, 0.3) is 0 Å². The van der Waals surface area contributed by atoms with Gasteiger partial charge in [-0.2, -0.15) is 0 Å². The van der Waals surface area contributed by atoms with Gasteiger partial charge in [0.15, 0.2) is 0 Å². The minimum atomic E-state index is -0.833. The van der Waals surface area contributed by atoms with Crippen LogP contribution in [0, 0.1) is 0 Å². The van der Waals surface area contributed by atoms with Gasteiger partial charge in [-0.3, -0.25) is 0 Å². The van der Waals surface area contributed by atoms with Crippen LogP contribution in [0.15, 0.2) is 5.16 Å². The predicted molar refractivity (Wildman–Crippen MR) is 25.1 cm³/mol. The molecule has 0 atom stereocenters. The van der Waals surface area contributed by atoms with E-state index in [9.17, 15) is 0 Å². The fourth-order valence-corrected chi connectivity index (χ4v) is 0. The summed E-state index contributed by atoms with van der Waals surface area (Å²) in [5.41, 5.74) is 8.50. The highest BCUT2D eigenvalue weighted by Crippen LogP contribution is 1.25. The van der Waals surface area contributed by atoms with Gasteiger partial charge in [-0.1, -0.05) is 0 Å². The van der Waals surface area contributed by atoms with Gasteiger partial charge in [0.05, 0.1) is 0 Å². The molecule has 0 bridgehead atoms. The number of hydrogen-bond acceptors (Lipinski definition) is 3. The van der Waals surface area contributed by atoms with Crippen molar-refractivity contribution in [2.24, 2.45) is 16.6 Å². The summed E-state index contributed by atoms with van der Waals surface area (Å²) in [5, 5.41) is 9.33. The van der Waals surface area contributed by atoms with Crippen LogP contribution < -0.4 is 11.5 Å². The van der Waals surface area contributed by atoms with Gasteiger partial charge in [-0.15, -0.1) is 5.16 Å². The van der Waals surface area contributed by atoms with Crippen molar-refractivity contribution < 1.29 is 10.0 Å². The Kier molecular flexibility index (Phi) is 11.6. The van der Waals surface area contributed by atoms with Crippen molar-refractivity contribution in [2.45, 2.75) is 0 Å². The molecule has 5 nitrogen and oxygen atoms in total. The molecule has 0 saturated heterocycles. The van der Waals surface area contributed by atoms with Gasteiger partial charge < -0.3 is 16.7 Å². The molecule has 42 valence electrons. The molecule has 0 spiro atoms. The second kappa shape index (κ2) is 8.83. The highest BCUT2D eigenvalue weighted by molar-refractivity contribution is 5.69. The smallest absolute Gasteiger partial charge is 0.309 e. The molecule has 5 N–H and O–H groups in total. The summed E-state index contributed by atoms with van der Waals surface area (Å²) >= 11 is 0. The van der Waals surface area contributed by atoms with Crippen molar-refractivity contribution in [1.29, 1.82) is 0 Å². The molecule has 2 amide bonds. The van der Waals surface area contributed by atoms with Gasteiger partial charge in [0, 0.05) is 6.72 Å². The summed E-state index contributed by atoms with van der Waals surface area (Å²) in [4.78, 5) is 9.00. The van der Waals surface area contributed by atoms with E-state index in [1.165, 1.54) is 0 Å². The fraction of sp³-hybridized carbons (Fsp3) is 0. The number of nitrogens with zero attached hydrogens (tertiary/aromatic N) is 1. The zero-order valence-corrected chi connectivity index (χ0v) is 3.66. The third-order valence-electron chi connectivity index (χ3n) is 0. The highest BCUT2D eigenvalue weighted by atomic mass is 16.4. The SMILES string of the molecule is C=NO.NC(N)=O. The number of hydrogen-bond donors (Lipinski definition) is 3. The largest absolute Gasteiger partial charge is 0.411 e. The molecule has 0 radical (unpaired) electrons.